The molecule has 0 aliphatic rings. The van der Waals surface area contributed by atoms with Crippen molar-refractivity contribution in [3.8, 4) is 0 Å². The van der Waals surface area contributed by atoms with E-state index in [0.717, 1.165) is 0 Å². The van der Waals surface area contributed by atoms with Crippen LogP contribution in [0.25, 0.3) is 0 Å². The second-order valence-electron chi connectivity index (χ2n) is 2.96. The average Bonchev–Trinajstić information content (AvgIpc) is 2.18. The van der Waals surface area contributed by atoms with Gasteiger partial charge < -0.3 is 10.8 Å². The van der Waals surface area contributed by atoms with Crippen LogP contribution < -0.4 is 11.3 Å². The molecule has 0 bridgehead atoms. The van der Waals surface area contributed by atoms with Crippen LogP contribution in [0.3, 0.4) is 0 Å². The van der Waals surface area contributed by atoms with Gasteiger partial charge in [-0.2, -0.15) is 0 Å². The van der Waals surface area contributed by atoms with E-state index in [-0.39, 0.29) is 18.6 Å². The van der Waals surface area contributed by atoms with E-state index >= 15 is 0 Å². The third-order valence-electron chi connectivity index (χ3n) is 1.87. The lowest BCUT2D eigenvalue weighted by atomic mass is 10.3. The Kier molecular flexibility index (Phi) is 4.02. The molecule has 1 aromatic rings. The number of nitrogens with zero attached hydrogens (tertiary/aromatic N) is 2. The number of aryl methyl sites for hydroxylation is 1. The van der Waals surface area contributed by atoms with E-state index in [1.807, 2.05) is 22.6 Å². The Bertz CT molecular complexity index is 377. The number of hydrogen-bond acceptors (Lipinski definition) is 4. The zero-order valence-electron chi connectivity index (χ0n) is 7.77. The normalized spacial score (nSPS) is 12.9. The van der Waals surface area contributed by atoms with E-state index in [1.54, 1.807) is 6.92 Å². The maximum atomic E-state index is 11.6. The molecule has 1 heterocycles. The maximum Gasteiger partial charge on any atom is 0.267 e. The molecule has 6 heteroatoms. The summed E-state index contributed by atoms with van der Waals surface area (Å²) < 4.78 is 1.97. The van der Waals surface area contributed by atoms with E-state index in [4.69, 9.17) is 5.73 Å². The number of aliphatic hydroxyl groups is 1. The molecule has 0 aliphatic heterocycles. The minimum absolute atomic E-state index is 0.134. The highest BCUT2D eigenvalue weighted by molar-refractivity contribution is 14.1. The highest BCUT2D eigenvalue weighted by Crippen LogP contribution is 1.98. The minimum atomic E-state index is -0.702. The molecule has 5 nitrogen and oxygen atoms in total. The fourth-order valence-corrected chi connectivity index (χ4v) is 1.48. The molecule has 3 N–H and O–H groups in total. The van der Waals surface area contributed by atoms with Crippen LogP contribution in [0.15, 0.2) is 11.0 Å². The number of aliphatic hydroxyl groups excluding tert-OH is 1. The van der Waals surface area contributed by atoms with Crippen molar-refractivity contribution in [3.05, 3.63) is 25.9 Å². The first-order valence-corrected chi connectivity index (χ1v) is 5.24. The zero-order chi connectivity index (χ0) is 10.7. The molecular weight excluding hydrogens is 297 g/mol. The molecule has 14 heavy (non-hydrogen) atoms. The quantitative estimate of drug-likeness (QED) is 0.736. The lowest BCUT2D eigenvalue weighted by molar-refractivity contribution is 0.159. The molecule has 1 aromatic heterocycles. The minimum Gasteiger partial charge on any atom is -0.390 e. The van der Waals surface area contributed by atoms with Gasteiger partial charge in [-0.25, -0.2) is 4.98 Å². The van der Waals surface area contributed by atoms with Crippen LogP contribution in [0.5, 0.6) is 0 Å². The standard InChI is InChI=1S/C8H12IN3O2/c1-5-11-3-7(9)8(14)12(5)4-6(13)2-10/h3,6,13H,2,4,10H2,1H3/t6-/m0/s1. The average molecular weight is 309 g/mol. The lowest BCUT2D eigenvalue weighted by Gasteiger charge is -2.12. The molecule has 0 radical (unpaired) electrons. The first kappa shape index (κ1) is 11.6. The number of halogens is 1. The molecule has 0 unspecified atom stereocenters. The third kappa shape index (κ3) is 2.52. The molecule has 1 atom stereocenters. The fraction of sp³-hybridized carbons (Fsp3) is 0.500. The van der Waals surface area contributed by atoms with Gasteiger partial charge in [-0.05, 0) is 29.5 Å². The highest BCUT2D eigenvalue weighted by Gasteiger charge is 2.09. The van der Waals surface area contributed by atoms with Crippen LogP contribution in [-0.2, 0) is 6.54 Å². The van der Waals surface area contributed by atoms with Gasteiger partial charge in [0.1, 0.15) is 5.82 Å². The Morgan fingerprint density at radius 2 is 2.43 bits per heavy atom. The summed E-state index contributed by atoms with van der Waals surface area (Å²) in [6.45, 7) is 2.06. The van der Waals surface area contributed by atoms with Crippen LogP contribution >= 0.6 is 22.6 Å². The predicted octanol–water partition coefficient (Wildman–Crippen LogP) is -0.524. The lowest BCUT2D eigenvalue weighted by Crippen LogP contribution is -2.33. The molecule has 0 saturated carbocycles. The molecule has 1 rings (SSSR count). The SMILES string of the molecule is Cc1ncc(I)c(=O)n1C[C@@H](O)CN. The Morgan fingerprint density at radius 3 is 3.00 bits per heavy atom. The first-order chi connectivity index (χ1) is 6.56. The zero-order valence-corrected chi connectivity index (χ0v) is 9.93. The first-order valence-electron chi connectivity index (χ1n) is 4.16. The van der Waals surface area contributed by atoms with Crippen molar-refractivity contribution in [2.24, 2.45) is 5.73 Å². The monoisotopic (exact) mass is 309 g/mol. The summed E-state index contributed by atoms with van der Waals surface area (Å²) in [6.07, 6.45) is 0.815. The summed E-state index contributed by atoms with van der Waals surface area (Å²) in [4.78, 5) is 15.6. The maximum absolute atomic E-state index is 11.6. The van der Waals surface area contributed by atoms with Gasteiger partial charge in [-0.1, -0.05) is 0 Å². The van der Waals surface area contributed by atoms with Crippen molar-refractivity contribution in [1.82, 2.24) is 9.55 Å². The summed E-state index contributed by atoms with van der Waals surface area (Å²) in [5, 5.41) is 9.34. The second kappa shape index (κ2) is 4.85. The topological polar surface area (TPSA) is 81.1 Å². The van der Waals surface area contributed by atoms with Gasteiger partial charge in [0.25, 0.3) is 5.56 Å². The Balaban J connectivity index is 3.07. The molecule has 0 aliphatic carbocycles. The predicted molar refractivity (Wildman–Crippen MR) is 61.0 cm³/mol. The molecule has 0 aromatic carbocycles. The van der Waals surface area contributed by atoms with Crippen LogP contribution in [0.4, 0.5) is 0 Å². The molecule has 0 saturated heterocycles. The van der Waals surface area contributed by atoms with Gasteiger partial charge >= 0.3 is 0 Å². The van der Waals surface area contributed by atoms with Crippen molar-refractivity contribution in [2.75, 3.05) is 6.54 Å². The molecule has 0 fully saturated rings. The van der Waals surface area contributed by atoms with Crippen molar-refractivity contribution >= 4 is 22.6 Å². The van der Waals surface area contributed by atoms with Crippen LogP contribution in [-0.4, -0.2) is 27.3 Å². The van der Waals surface area contributed by atoms with Crippen LogP contribution in [0, 0.1) is 10.5 Å². The number of hydrogen-bond donors (Lipinski definition) is 2. The van der Waals surface area contributed by atoms with Crippen LogP contribution in [0.1, 0.15) is 5.82 Å². The van der Waals surface area contributed by atoms with Gasteiger partial charge in [0.15, 0.2) is 0 Å². The van der Waals surface area contributed by atoms with E-state index in [0.29, 0.717) is 9.39 Å². The summed E-state index contributed by atoms with van der Waals surface area (Å²) >= 11 is 1.92. The molecular formula is C8H12IN3O2. The van der Waals surface area contributed by atoms with Crippen molar-refractivity contribution in [1.29, 1.82) is 0 Å². The van der Waals surface area contributed by atoms with Gasteiger partial charge in [0.05, 0.1) is 16.2 Å². The summed E-state index contributed by atoms with van der Waals surface area (Å²) in [6, 6.07) is 0. The van der Waals surface area contributed by atoms with Gasteiger partial charge in [0.2, 0.25) is 0 Å². The highest BCUT2D eigenvalue weighted by atomic mass is 127. The molecule has 0 spiro atoms. The Morgan fingerprint density at radius 1 is 1.79 bits per heavy atom. The van der Waals surface area contributed by atoms with Gasteiger partial charge in [0, 0.05) is 12.7 Å². The second-order valence-corrected chi connectivity index (χ2v) is 4.12. The largest absolute Gasteiger partial charge is 0.390 e. The molecule has 0 amide bonds. The summed E-state index contributed by atoms with van der Waals surface area (Å²) in [5.41, 5.74) is 5.14. The van der Waals surface area contributed by atoms with E-state index in [9.17, 15) is 9.90 Å². The van der Waals surface area contributed by atoms with E-state index < -0.39 is 6.10 Å². The summed E-state index contributed by atoms with van der Waals surface area (Å²) in [5.74, 6) is 0.586. The third-order valence-corrected chi connectivity index (χ3v) is 2.61. The van der Waals surface area contributed by atoms with Gasteiger partial charge in [-0.3, -0.25) is 9.36 Å². The number of aromatic nitrogens is 2. The Labute approximate surface area is 95.1 Å². The Hall–Kier alpha value is -0.470. The smallest absolute Gasteiger partial charge is 0.267 e. The van der Waals surface area contributed by atoms with Crippen molar-refractivity contribution < 1.29 is 5.11 Å². The summed E-state index contributed by atoms with van der Waals surface area (Å²) in [7, 11) is 0. The van der Waals surface area contributed by atoms with E-state index in [2.05, 4.69) is 4.98 Å². The van der Waals surface area contributed by atoms with Gasteiger partial charge in [-0.15, -0.1) is 0 Å². The number of nitrogens with two attached hydrogens (primary N) is 1. The van der Waals surface area contributed by atoms with E-state index in [1.165, 1.54) is 10.8 Å². The number of rotatable bonds is 3. The molecule has 78 valence electrons. The fourth-order valence-electron chi connectivity index (χ4n) is 1.05. The van der Waals surface area contributed by atoms with Crippen molar-refractivity contribution in [3.63, 3.8) is 0 Å². The van der Waals surface area contributed by atoms with Crippen molar-refractivity contribution in [2.45, 2.75) is 19.6 Å². The van der Waals surface area contributed by atoms with Crippen LogP contribution in [0.2, 0.25) is 0 Å².